The molecule has 136 valence electrons. The Morgan fingerprint density at radius 1 is 1.19 bits per heavy atom. The average molecular weight is 362 g/mol. The smallest absolute Gasteiger partial charge is 0.416 e. The minimum absolute atomic E-state index is 0.0765. The Morgan fingerprint density at radius 2 is 1.88 bits per heavy atom. The first kappa shape index (κ1) is 18.0. The van der Waals surface area contributed by atoms with Crippen molar-refractivity contribution in [3.05, 3.63) is 57.3 Å². The van der Waals surface area contributed by atoms with Gasteiger partial charge in [0, 0.05) is 12.0 Å². The number of benzene rings is 1. The number of pyridine rings is 1. The third-order valence-corrected chi connectivity index (χ3v) is 4.60. The van der Waals surface area contributed by atoms with Crippen molar-refractivity contribution in [1.29, 1.82) is 0 Å². The van der Waals surface area contributed by atoms with Crippen LogP contribution in [0.15, 0.2) is 23.8 Å². The normalized spacial score (nSPS) is 13.4. The minimum Gasteiger partial charge on any atom is -0.506 e. The molecule has 2 aromatic rings. The van der Waals surface area contributed by atoms with Gasteiger partial charge in [0.1, 0.15) is 11.6 Å². The quantitative estimate of drug-likeness (QED) is 0.837. The van der Waals surface area contributed by atoms with Gasteiger partial charge >= 0.3 is 6.18 Å². The average Bonchev–Trinajstić information content (AvgIpc) is 3.00. The second-order valence-corrected chi connectivity index (χ2v) is 6.36. The predicted octanol–water partition coefficient (Wildman–Crippen LogP) is 4.31. The van der Waals surface area contributed by atoms with E-state index in [2.05, 4.69) is 10.3 Å². The molecule has 0 fully saturated rings. The summed E-state index contributed by atoms with van der Waals surface area (Å²) < 4.78 is 38.5. The standard InChI is InChI=1S/C19H17F3N2O2/c1-9-10(2)17(23-11(3)16(9)25)24-18(26)14-6-12-4-5-15(19(20,21)22)8-13(12)7-14/h4-5,7-8,25H,6H2,1-3H3,(H,23,24,26). The number of amides is 1. The van der Waals surface area contributed by atoms with Gasteiger partial charge < -0.3 is 10.4 Å². The first-order valence-corrected chi connectivity index (χ1v) is 7.96. The molecule has 1 amide bonds. The number of halogens is 3. The lowest BCUT2D eigenvalue weighted by molar-refractivity contribution is -0.137. The molecular weight excluding hydrogens is 345 g/mol. The van der Waals surface area contributed by atoms with Crippen molar-refractivity contribution < 1.29 is 23.1 Å². The number of fused-ring (bicyclic) bond motifs is 1. The molecule has 1 aromatic heterocycles. The molecule has 0 saturated carbocycles. The number of rotatable bonds is 2. The molecule has 1 heterocycles. The Kier molecular flexibility index (Phi) is 4.26. The number of anilines is 1. The van der Waals surface area contributed by atoms with Gasteiger partial charge in [0.15, 0.2) is 0 Å². The second-order valence-electron chi connectivity index (χ2n) is 6.36. The van der Waals surface area contributed by atoms with Crippen LogP contribution in [0.1, 0.15) is 33.5 Å². The minimum atomic E-state index is -4.42. The molecule has 0 saturated heterocycles. The molecule has 1 aliphatic rings. The molecule has 0 radical (unpaired) electrons. The highest BCUT2D eigenvalue weighted by Gasteiger charge is 2.32. The van der Waals surface area contributed by atoms with Gasteiger partial charge in [-0.2, -0.15) is 13.2 Å². The van der Waals surface area contributed by atoms with E-state index in [4.69, 9.17) is 0 Å². The lowest BCUT2D eigenvalue weighted by Gasteiger charge is -2.13. The summed E-state index contributed by atoms with van der Waals surface area (Å²) in [5.41, 5.74) is 2.34. The van der Waals surface area contributed by atoms with Crippen LogP contribution in [-0.2, 0) is 17.4 Å². The third kappa shape index (κ3) is 3.16. The van der Waals surface area contributed by atoms with Crippen LogP contribution in [-0.4, -0.2) is 16.0 Å². The van der Waals surface area contributed by atoms with Gasteiger partial charge in [0.05, 0.1) is 11.3 Å². The summed E-state index contributed by atoms with van der Waals surface area (Å²) in [5.74, 6) is -0.0156. The number of hydrogen-bond donors (Lipinski definition) is 2. The van der Waals surface area contributed by atoms with Crippen LogP contribution in [0, 0.1) is 20.8 Å². The highest BCUT2D eigenvalue weighted by Crippen LogP contribution is 2.34. The lowest BCUT2D eigenvalue weighted by atomic mass is 10.1. The molecular formula is C19H17F3N2O2. The van der Waals surface area contributed by atoms with Crippen LogP contribution in [0.25, 0.3) is 6.08 Å². The number of aromatic hydroxyl groups is 1. The molecule has 4 nitrogen and oxygen atoms in total. The van der Waals surface area contributed by atoms with Crippen molar-refractivity contribution >= 4 is 17.8 Å². The third-order valence-electron chi connectivity index (χ3n) is 4.60. The van der Waals surface area contributed by atoms with E-state index in [0.29, 0.717) is 39.3 Å². The van der Waals surface area contributed by atoms with Crippen molar-refractivity contribution in [3.63, 3.8) is 0 Å². The van der Waals surface area contributed by atoms with E-state index in [1.807, 2.05) is 0 Å². The van der Waals surface area contributed by atoms with E-state index in [0.717, 1.165) is 12.1 Å². The fourth-order valence-electron chi connectivity index (χ4n) is 2.90. The van der Waals surface area contributed by atoms with Crippen molar-refractivity contribution in [1.82, 2.24) is 4.98 Å². The van der Waals surface area contributed by atoms with E-state index in [9.17, 15) is 23.1 Å². The first-order chi connectivity index (χ1) is 12.1. The molecule has 0 bridgehead atoms. The number of aromatic nitrogens is 1. The predicted molar refractivity (Wildman–Crippen MR) is 91.9 cm³/mol. The van der Waals surface area contributed by atoms with Gasteiger partial charge in [-0.1, -0.05) is 6.07 Å². The Labute approximate surface area is 148 Å². The van der Waals surface area contributed by atoms with Crippen LogP contribution in [0.3, 0.4) is 0 Å². The largest absolute Gasteiger partial charge is 0.506 e. The van der Waals surface area contributed by atoms with Crippen LogP contribution >= 0.6 is 0 Å². The fourth-order valence-corrected chi connectivity index (χ4v) is 2.90. The number of aryl methyl sites for hydroxylation is 1. The molecule has 26 heavy (non-hydrogen) atoms. The molecule has 1 aromatic carbocycles. The van der Waals surface area contributed by atoms with E-state index in [-0.39, 0.29) is 12.2 Å². The van der Waals surface area contributed by atoms with E-state index in [1.54, 1.807) is 20.8 Å². The first-order valence-electron chi connectivity index (χ1n) is 7.96. The van der Waals surface area contributed by atoms with Gasteiger partial charge in [-0.3, -0.25) is 4.79 Å². The summed E-state index contributed by atoms with van der Waals surface area (Å²) in [4.78, 5) is 16.7. The fraction of sp³-hybridized carbons (Fsp3) is 0.263. The zero-order valence-electron chi connectivity index (χ0n) is 14.5. The summed E-state index contributed by atoms with van der Waals surface area (Å²) >= 11 is 0. The number of hydrogen-bond acceptors (Lipinski definition) is 3. The van der Waals surface area contributed by atoms with Gasteiger partial charge in [0.2, 0.25) is 0 Å². The Hall–Kier alpha value is -2.83. The zero-order valence-corrected chi connectivity index (χ0v) is 14.5. The zero-order chi connectivity index (χ0) is 19.2. The summed E-state index contributed by atoms with van der Waals surface area (Å²) in [5, 5.41) is 12.6. The number of nitrogens with zero attached hydrogens (tertiary/aromatic N) is 1. The van der Waals surface area contributed by atoms with Crippen molar-refractivity contribution in [2.45, 2.75) is 33.4 Å². The molecule has 1 aliphatic carbocycles. The number of carbonyl (C=O) groups excluding carboxylic acids is 1. The molecule has 0 unspecified atom stereocenters. The number of carbonyl (C=O) groups is 1. The van der Waals surface area contributed by atoms with Crippen molar-refractivity contribution in [2.75, 3.05) is 5.32 Å². The SMILES string of the molecule is Cc1nc(NC(=O)C2=Cc3cc(C(F)(F)F)ccc3C2)c(C)c(C)c1O. The van der Waals surface area contributed by atoms with Gasteiger partial charge in [-0.25, -0.2) is 4.98 Å². The van der Waals surface area contributed by atoms with E-state index in [1.165, 1.54) is 12.1 Å². The van der Waals surface area contributed by atoms with Crippen LogP contribution in [0.4, 0.5) is 19.0 Å². The molecule has 0 spiro atoms. The highest BCUT2D eigenvalue weighted by atomic mass is 19.4. The lowest BCUT2D eigenvalue weighted by Crippen LogP contribution is -2.17. The van der Waals surface area contributed by atoms with Gasteiger partial charge in [0.25, 0.3) is 5.91 Å². The van der Waals surface area contributed by atoms with Gasteiger partial charge in [-0.15, -0.1) is 0 Å². The molecule has 7 heteroatoms. The molecule has 0 atom stereocenters. The van der Waals surface area contributed by atoms with Crippen LogP contribution in [0.5, 0.6) is 5.75 Å². The maximum absolute atomic E-state index is 12.8. The Morgan fingerprint density at radius 3 is 2.54 bits per heavy atom. The summed E-state index contributed by atoms with van der Waals surface area (Å²) in [7, 11) is 0. The molecule has 2 N–H and O–H groups in total. The highest BCUT2D eigenvalue weighted by molar-refractivity contribution is 6.08. The summed E-state index contributed by atoms with van der Waals surface area (Å²) in [6.45, 7) is 5.07. The van der Waals surface area contributed by atoms with Crippen molar-refractivity contribution in [3.8, 4) is 5.75 Å². The topological polar surface area (TPSA) is 62.2 Å². The molecule has 0 aliphatic heterocycles. The second kappa shape index (κ2) is 6.16. The van der Waals surface area contributed by atoms with Gasteiger partial charge in [-0.05, 0) is 61.2 Å². The monoisotopic (exact) mass is 362 g/mol. The number of alkyl halides is 3. The van der Waals surface area contributed by atoms with Crippen molar-refractivity contribution in [2.24, 2.45) is 0 Å². The maximum Gasteiger partial charge on any atom is 0.416 e. The summed E-state index contributed by atoms with van der Waals surface area (Å²) in [6.07, 6.45) is -2.69. The summed E-state index contributed by atoms with van der Waals surface area (Å²) in [6, 6.07) is 3.47. The maximum atomic E-state index is 12.8. The van der Waals surface area contributed by atoms with E-state index >= 15 is 0 Å². The van der Waals surface area contributed by atoms with Crippen LogP contribution in [0.2, 0.25) is 0 Å². The van der Waals surface area contributed by atoms with Crippen LogP contribution < -0.4 is 5.32 Å². The Bertz CT molecular complexity index is 947. The molecule has 3 rings (SSSR count). The Balaban J connectivity index is 1.86. The number of nitrogens with one attached hydrogen (secondary N) is 1. The van der Waals surface area contributed by atoms with E-state index < -0.39 is 17.6 Å².